The third-order valence-electron chi connectivity index (χ3n) is 5.34. The summed E-state index contributed by atoms with van der Waals surface area (Å²) in [7, 11) is 3.47. The summed E-state index contributed by atoms with van der Waals surface area (Å²) in [6, 6.07) is 8.21. The molecule has 0 radical (unpaired) electrons. The molecule has 4 rings (SSSR count). The molecule has 6 heteroatoms. The summed E-state index contributed by atoms with van der Waals surface area (Å²) in [5, 5.41) is 0. The summed E-state index contributed by atoms with van der Waals surface area (Å²) in [6.07, 6.45) is 1.89. The Morgan fingerprint density at radius 2 is 2.00 bits per heavy atom. The number of hydrogen-bond acceptors (Lipinski definition) is 4. The van der Waals surface area contributed by atoms with Gasteiger partial charge in [-0.2, -0.15) is 0 Å². The van der Waals surface area contributed by atoms with Crippen LogP contribution in [0.1, 0.15) is 25.3 Å². The molecular weight excluding hydrogens is 330 g/mol. The van der Waals surface area contributed by atoms with Crippen molar-refractivity contribution in [1.29, 1.82) is 0 Å². The highest BCUT2D eigenvalue weighted by Crippen LogP contribution is 2.31. The number of hydrogen-bond donors (Lipinski definition) is 0. The Labute approximate surface area is 155 Å². The molecule has 3 aliphatic rings. The van der Waals surface area contributed by atoms with Crippen LogP contribution in [0, 0.1) is 5.92 Å². The quantitative estimate of drug-likeness (QED) is 0.774. The van der Waals surface area contributed by atoms with Crippen LogP contribution < -0.4 is 4.74 Å². The molecule has 6 nitrogen and oxygen atoms in total. The van der Waals surface area contributed by atoms with Gasteiger partial charge in [0, 0.05) is 45.3 Å². The van der Waals surface area contributed by atoms with Gasteiger partial charge >= 0.3 is 0 Å². The van der Waals surface area contributed by atoms with Gasteiger partial charge in [-0.1, -0.05) is 18.2 Å². The highest BCUT2D eigenvalue weighted by Gasteiger charge is 2.41. The summed E-state index contributed by atoms with van der Waals surface area (Å²) < 4.78 is 5.75. The molecule has 3 heterocycles. The van der Waals surface area contributed by atoms with Crippen LogP contribution in [0.3, 0.4) is 0 Å². The molecule has 0 N–H and O–H groups in total. The zero-order valence-electron chi connectivity index (χ0n) is 16.0. The molecule has 1 aromatic rings. The van der Waals surface area contributed by atoms with E-state index in [1.165, 1.54) is 0 Å². The van der Waals surface area contributed by atoms with Crippen LogP contribution in [0.4, 0.5) is 0 Å². The Hall–Kier alpha value is -2.08. The molecule has 26 heavy (non-hydrogen) atoms. The zero-order valence-corrected chi connectivity index (χ0v) is 16.0. The number of nitrogens with zero attached hydrogens (tertiary/aromatic N) is 3. The average molecular weight is 359 g/mol. The van der Waals surface area contributed by atoms with E-state index >= 15 is 0 Å². The van der Waals surface area contributed by atoms with Crippen LogP contribution in [0.15, 0.2) is 24.3 Å². The number of para-hydroxylation sites is 1. The maximum atomic E-state index is 12.8. The van der Waals surface area contributed by atoms with Crippen molar-refractivity contribution in [1.82, 2.24) is 14.7 Å². The lowest BCUT2D eigenvalue weighted by Gasteiger charge is -2.36. The molecular formula is C20H29N3O3. The number of likely N-dealkylation sites (N-methyl/N-ethyl adjacent to an activating group) is 1. The van der Waals surface area contributed by atoms with Crippen LogP contribution in [-0.2, 0) is 16.1 Å². The molecule has 1 aromatic carbocycles. The van der Waals surface area contributed by atoms with E-state index in [4.69, 9.17) is 4.74 Å². The van der Waals surface area contributed by atoms with Crippen molar-refractivity contribution in [2.45, 2.75) is 32.4 Å². The standard InChI is InChI=1S/C20H29N3O3/c1-4-26-18-8-6-5-7-15(18)11-22-12-16-9-10-17(13-22)23(20(16)25)14-19(24)21(2)3/h5-8,16-17H,4,9-14H2,1-3H3/t16-,17+/m0/s1. The summed E-state index contributed by atoms with van der Waals surface area (Å²) >= 11 is 0. The van der Waals surface area contributed by atoms with Crippen molar-refractivity contribution in [3.8, 4) is 5.75 Å². The number of amides is 2. The van der Waals surface area contributed by atoms with E-state index in [1.54, 1.807) is 19.0 Å². The van der Waals surface area contributed by atoms with E-state index in [-0.39, 0.29) is 30.3 Å². The van der Waals surface area contributed by atoms with Crippen LogP contribution in [-0.4, -0.2) is 72.9 Å². The predicted molar refractivity (Wildman–Crippen MR) is 99.8 cm³/mol. The minimum Gasteiger partial charge on any atom is -0.494 e. The van der Waals surface area contributed by atoms with Crippen LogP contribution >= 0.6 is 0 Å². The topological polar surface area (TPSA) is 53.1 Å². The first-order chi connectivity index (χ1) is 12.5. The van der Waals surface area contributed by atoms with Gasteiger partial charge < -0.3 is 14.5 Å². The first kappa shape index (κ1) is 18.7. The normalized spacial score (nSPS) is 23.0. The zero-order chi connectivity index (χ0) is 18.7. The Kier molecular flexibility index (Phi) is 5.81. The number of piperidine rings is 1. The van der Waals surface area contributed by atoms with Gasteiger partial charge in [0.1, 0.15) is 12.3 Å². The number of carbonyl (C=O) groups excluding carboxylic acids is 2. The molecule has 0 unspecified atom stereocenters. The van der Waals surface area contributed by atoms with Gasteiger partial charge in [0.25, 0.3) is 0 Å². The maximum Gasteiger partial charge on any atom is 0.241 e. The number of carbonyl (C=O) groups is 2. The smallest absolute Gasteiger partial charge is 0.241 e. The molecule has 0 aliphatic carbocycles. The second-order valence-corrected chi connectivity index (χ2v) is 7.42. The summed E-state index contributed by atoms with van der Waals surface area (Å²) in [5.41, 5.74) is 1.15. The van der Waals surface area contributed by atoms with Crippen LogP contribution in [0.2, 0.25) is 0 Å². The van der Waals surface area contributed by atoms with Crippen LogP contribution in [0.25, 0.3) is 0 Å². The molecule has 2 atom stereocenters. The van der Waals surface area contributed by atoms with Crippen LogP contribution in [0.5, 0.6) is 5.75 Å². The van der Waals surface area contributed by atoms with E-state index < -0.39 is 0 Å². The van der Waals surface area contributed by atoms with E-state index in [1.807, 2.05) is 30.0 Å². The maximum absolute atomic E-state index is 12.8. The predicted octanol–water partition coefficient (Wildman–Crippen LogP) is 1.60. The van der Waals surface area contributed by atoms with Gasteiger partial charge in [-0.15, -0.1) is 0 Å². The number of fused-ring (bicyclic) bond motifs is 4. The Morgan fingerprint density at radius 1 is 1.23 bits per heavy atom. The van der Waals surface area contributed by atoms with E-state index in [2.05, 4.69) is 11.0 Å². The Balaban J connectivity index is 1.73. The van der Waals surface area contributed by atoms with Gasteiger partial charge in [0.05, 0.1) is 12.5 Å². The Morgan fingerprint density at radius 3 is 2.73 bits per heavy atom. The fraction of sp³-hybridized carbons (Fsp3) is 0.600. The second kappa shape index (κ2) is 8.08. The fourth-order valence-electron chi connectivity index (χ4n) is 3.93. The van der Waals surface area contributed by atoms with E-state index in [0.717, 1.165) is 43.8 Å². The lowest BCUT2D eigenvalue weighted by molar-refractivity contribution is -0.145. The highest BCUT2D eigenvalue weighted by atomic mass is 16.5. The lowest BCUT2D eigenvalue weighted by Crippen LogP contribution is -2.51. The monoisotopic (exact) mass is 359 g/mol. The minimum absolute atomic E-state index is 0.0111. The van der Waals surface area contributed by atoms with Crippen molar-refractivity contribution in [2.24, 2.45) is 5.92 Å². The van der Waals surface area contributed by atoms with Crippen molar-refractivity contribution in [2.75, 3.05) is 40.3 Å². The molecule has 2 amide bonds. The van der Waals surface area contributed by atoms with Crippen molar-refractivity contribution in [3.05, 3.63) is 29.8 Å². The van der Waals surface area contributed by atoms with E-state index in [0.29, 0.717) is 6.61 Å². The second-order valence-electron chi connectivity index (χ2n) is 7.42. The molecule has 2 bridgehead atoms. The van der Waals surface area contributed by atoms with Gasteiger partial charge in [-0.3, -0.25) is 14.5 Å². The molecule has 0 saturated carbocycles. The third kappa shape index (κ3) is 4.01. The van der Waals surface area contributed by atoms with Gasteiger partial charge in [-0.05, 0) is 25.8 Å². The van der Waals surface area contributed by atoms with Gasteiger partial charge in [0.15, 0.2) is 0 Å². The summed E-state index contributed by atoms with van der Waals surface area (Å²) in [5.74, 6) is 1.02. The first-order valence-corrected chi connectivity index (χ1v) is 9.43. The molecule has 3 aliphatic heterocycles. The van der Waals surface area contributed by atoms with Gasteiger partial charge in [-0.25, -0.2) is 0 Å². The summed E-state index contributed by atoms with van der Waals surface area (Å²) in [6.45, 7) is 5.15. The van der Waals surface area contributed by atoms with Crippen molar-refractivity contribution < 1.29 is 14.3 Å². The number of ether oxygens (including phenoxy) is 1. The Bertz CT molecular complexity index is 661. The molecule has 142 valence electrons. The van der Waals surface area contributed by atoms with E-state index in [9.17, 15) is 9.59 Å². The molecule has 0 spiro atoms. The lowest BCUT2D eigenvalue weighted by atomic mass is 9.94. The first-order valence-electron chi connectivity index (χ1n) is 9.43. The fourth-order valence-corrected chi connectivity index (χ4v) is 3.93. The SMILES string of the molecule is CCOc1ccccc1CN1C[C@@H]2CC[C@H](C1)N(CC(=O)N(C)C)C2=O. The largest absolute Gasteiger partial charge is 0.494 e. The number of benzene rings is 1. The molecule has 0 aromatic heterocycles. The van der Waals surface area contributed by atoms with Crippen molar-refractivity contribution >= 4 is 11.8 Å². The number of rotatable bonds is 6. The van der Waals surface area contributed by atoms with Crippen molar-refractivity contribution in [3.63, 3.8) is 0 Å². The third-order valence-corrected chi connectivity index (χ3v) is 5.34. The highest BCUT2D eigenvalue weighted by molar-refractivity contribution is 5.86. The minimum atomic E-state index is -0.0147. The van der Waals surface area contributed by atoms with Gasteiger partial charge in [0.2, 0.25) is 11.8 Å². The summed E-state index contributed by atoms with van der Waals surface area (Å²) in [4.78, 5) is 30.7. The average Bonchev–Trinajstić information content (AvgIpc) is 2.88. The molecule has 3 saturated heterocycles. The molecule has 3 fully saturated rings.